The number of hydrogen-bond donors (Lipinski definition) is 2. The number of ether oxygens (including phenoxy) is 1. The van der Waals surface area contributed by atoms with E-state index in [1.54, 1.807) is 43.5 Å². The average Bonchev–Trinajstić information content (AvgIpc) is 2.65. The van der Waals surface area contributed by atoms with Crippen LogP contribution in [0.2, 0.25) is 5.02 Å². The average molecular weight is 386 g/mol. The number of rotatable bonds is 6. The highest BCUT2D eigenvalue weighted by molar-refractivity contribution is 6.30. The van der Waals surface area contributed by atoms with Crippen LogP contribution in [-0.2, 0) is 0 Å². The first-order valence-corrected chi connectivity index (χ1v) is 8.29. The molecule has 0 radical (unpaired) electrons. The molecule has 1 aromatic heterocycles. The second-order valence-electron chi connectivity index (χ2n) is 5.62. The smallest absolute Gasteiger partial charge is 0.353 e. The van der Waals surface area contributed by atoms with E-state index in [0.29, 0.717) is 22.1 Å². The second-order valence-corrected chi connectivity index (χ2v) is 6.05. The van der Waals surface area contributed by atoms with E-state index in [-0.39, 0.29) is 17.3 Å². The third-order valence-corrected chi connectivity index (χ3v) is 4.03. The monoisotopic (exact) mass is 385 g/mol. The highest BCUT2D eigenvalue weighted by atomic mass is 35.5. The van der Waals surface area contributed by atoms with Crippen molar-refractivity contribution in [2.45, 2.75) is 6.92 Å². The number of nitrogens with zero attached hydrogens (tertiary/aromatic N) is 3. The Bertz CT molecular complexity index is 996. The molecule has 0 saturated carbocycles. The number of hydrogen-bond acceptors (Lipinski definition) is 7. The lowest BCUT2D eigenvalue weighted by Crippen LogP contribution is -2.06. The Morgan fingerprint density at radius 2 is 1.85 bits per heavy atom. The van der Waals surface area contributed by atoms with Gasteiger partial charge >= 0.3 is 5.69 Å². The Hall–Kier alpha value is -3.39. The Balaban J connectivity index is 1.99. The first-order chi connectivity index (χ1) is 13.0. The van der Waals surface area contributed by atoms with Crippen LogP contribution in [0.3, 0.4) is 0 Å². The van der Waals surface area contributed by atoms with Gasteiger partial charge in [0.15, 0.2) is 0 Å². The summed E-state index contributed by atoms with van der Waals surface area (Å²) in [6.45, 7) is 1.86. The lowest BCUT2D eigenvalue weighted by atomic mass is 10.2. The number of aryl methyl sites for hydroxylation is 1. The Morgan fingerprint density at radius 1 is 1.11 bits per heavy atom. The number of benzene rings is 2. The van der Waals surface area contributed by atoms with Gasteiger partial charge in [0.25, 0.3) is 0 Å². The maximum absolute atomic E-state index is 11.7. The molecule has 3 rings (SSSR count). The van der Waals surface area contributed by atoms with E-state index in [1.165, 1.54) is 6.33 Å². The number of anilines is 4. The van der Waals surface area contributed by atoms with Crippen molar-refractivity contribution in [3.63, 3.8) is 0 Å². The van der Waals surface area contributed by atoms with Gasteiger partial charge in [-0.1, -0.05) is 23.7 Å². The Kier molecular flexibility index (Phi) is 5.37. The topological polar surface area (TPSA) is 102 Å². The molecule has 0 aliphatic rings. The van der Waals surface area contributed by atoms with Crippen molar-refractivity contribution in [3.05, 3.63) is 69.5 Å². The summed E-state index contributed by atoms with van der Waals surface area (Å²) >= 11 is 6.02. The Morgan fingerprint density at radius 3 is 2.56 bits per heavy atom. The highest BCUT2D eigenvalue weighted by Crippen LogP contribution is 2.34. The van der Waals surface area contributed by atoms with E-state index in [1.807, 2.05) is 13.0 Å². The fourth-order valence-corrected chi connectivity index (χ4v) is 2.60. The fourth-order valence-electron chi connectivity index (χ4n) is 2.43. The van der Waals surface area contributed by atoms with Crippen LogP contribution in [-0.4, -0.2) is 22.0 Å². The van der Waals surface area contributed by atoms with Gasteiger partial charge in [0.2, 0.25) is 11.6 Å². The molecule has 3 aromatic rings. The van der Waals surface area contributed by atoms with Crippen LogP contribution in [0.25, 0.3) is 0 Å². The van der Waals surface area contributed by atoms with Crippen molar-refractivity contribution >= 4 is 40.3 Å². The van der Waals surface area contributed by atoms with Crippen LogP contribution in [0, 0.1) is 17.0 Å². The molecule has 0 saturated heterocycles. The molecular formula is C18H16ClN5O3. The summed E-state index contributed by atoms with van der Waals surface area (Å²) in [6.07, 6.45) is 1.25. The van der Waals surface area contributed by atoms with E-state index >= 15 is 0 Å². The molecule has 27 heavy (non-hydrogen) atoms. The quantitative estimate of drug-likeness (QED) is 0.462. The number of nitrogens with one attached hydrogen (secondary N) is 2. The first kappa shape index (κ1) is 18.4. The van der Waals surface area contributed by atoms with Gasteiger partial charge in [-0.05, 0) is 36.8 Å². The molecule has 9 heteroatoms. The molecule has 138 valence electrons. The van der Waals surface area contributed by atoms with E-state index in [2.05, 4.69) is 20.6 Å². The van der Waals surface area contributed by atoms with Crippen LogP contribution >= 0.6 is 11.6 Å². The predicted molar refractivity (Wildman–Crippen MR) is 104 cm³/mol. The summed E-state index contributed by atoms with van der Waals surface area (Å²) < 4.78 is 5.17. The van der Waals surface area contributed by atoms with Crippen molar-refractivity contribution in [2.75, 3.05) is 17.7 Å². The molecule has 1 heterocycles. The van der Waals surface area contributed by atoms with E-state index < -0.39 is 4.92 Å². The number of nitro groups is 1. The number of methoxy groups -OCH3 is 1. The highest BCUT2D eigenvalue weighted by Gasteiger charge is 2.24. The zero-order valence-electron chi connectivity index (χ0n) is 14.6. The van der Waals surface area contributed by atoms with E-state index in [9.17, 15) is 10.1 Å². The largest absolute Gasteiger partial charge is 0.497 e. The molecule has 0 amide bonds. The fraction of sp³-hybridized carbons (Fsp3) is 0.111. The molecule has 0 bridgehead atoms. The molecule has 0 aliphatic carbocycles. The molecule has 0 spiro atoms. The van der Waals surface area contributed by atoms with Gasteiger partial charge in [0.1, 0.15) is 12.1 Å². The molecule has 0 unspecified atom stereocenters. The maximum Gasteiger partial charge on any atom is 0.353 e. The SMILES string of the molecule is COc1cccc(Nc2ncnc(Nc3cc(Cl)ccc3C)c2[N+](=O)[O-])c1. The van der Waals surface area contributed by atoms with Gasteiger partial charge < -0.3 is 15.4 Å². The van der Waals surface area contributed by atoms with E-state index in [0.717, 1.165) is 5.56 Å². The minimum Gasteiger partial charge on any atom is -0.497 e. The van der Waals surface area contributed by atoms with Gasteiger partial charge in [0, 0.05) is 22.5 Å². The van der Waals surface area contributed by atoms with Crippen molar-refractivity contribution in [1.82, 2.24) is 9.97 Å². The minimum atomic E-state index is -0.537. The molecule has 0 aliphatic heterocycles. The summed E-state index contributed by atoms with van der Waals surface area (Å²) in [5.41, 5.74) is 1.81. The zero-order valence-corrected chi connectivity index (χ0v) is 15.3. The predicted octanol–water partition coefficient (Wildman–Crippen LogP) is 4.84. The lowest BCUT2D eigenvalue weighted by molar-refractivity contribution is -0.383. The summed E-state index contributed by atoms with van der Waals surface area (Å²) in [5, 5.41) is 18.1. The van der Waals surface area contributed by atoms with Crippen LogP contribution in [0.5, 0.6) is 5.75 Å². The zero-order chi connectivity index (χ0) is 19.4. The van der Waals surface area contributed by atoms with Crippen LogP contribution < -0.4 is 15.4 Å². The first-order valence-electron chi connectivity index (χ1n) is 7.91. The Labute approximate surface area is 160 Å². The summed E-state index contributed by atoms with van der Waals surface area (Å²) in [7, 11) is 1.54. The van der Waals surface area contributed by atoms with Crippen LogP contribution in [0.15, 0.2) is 48.8 Å². The molecule has 0 fully saturated rings. The van der Waals surface area contributed by atoms with Gasteiger partial charge in [0.05, 0.1) is 12.0 Å². The molecule has 0 atom stereocenters. The number of aromatic nitrogens is 2. The number of halogens is 1. The van der Waals surface area contributed by atoms with Crippen molar-refractivity contribution < 1.29 is 9.66 Å². The third-order valence-electron chi connectivity index (χ3n) is 3.79. The van der Waals surface area contributed by atoms with Crippen molar-refractivity contribution in [1.29, 1.82) is 0 Å². The molecule has 8 nitrogen and oxygen atoms in total. The summed E-state index contributed by atoms with van der Waals surface area (Å²) in [5.74, 6) is 0.737. The van der Waals surface area contributed by atoms with Gasteiger partial charge in [-0.25, -0.2) is 9.97 Å². The van der Waals surface area contributed by atoms with Gasteiger partial charge in [-0.15, -0.1) is 0 Å². The standard InChI is InChI=1S/C18H16ClN5O3/c1-11-6-7-12(19)8-15(11)23-18-16(24(25)26)17(20-10-21-18)22-13-4-3-5-14(9-13)27-2/h3-10H,1-2H3,(H2,20,21,22,23). The normalized spacial score (nSPS) is 10.3. The minimum absolute atomic E-state index is 0.0606. The third kappa shape index (κ3) is 4.24. The van der Waals surface area contributed by atoms with Crippen LogP contribution in [0.4, 0.5) is 28.7 Å². The maximum atomic E-state index is 11.7. The van der Waals surface area contributed by atoms with E-state index in [4.69, 9.17) is 16.3 Å². The molecule has 2 N–H and O–H groups in total. The summed E-state index contributed by atoms with van der Waals surface area (Å²) in [6, 6.07) is 12.2. The van der Waals surface area contributed by atoms with Crippen molar-refractivity contribution in [2.24, 2.45) is 0 Å². The van der Waals surface area contributed by atoms with Crippen molar-refractivity contribution in [3.8, 4) is 5.75 Å². The van der Waals surface area contributed by atoms with Crippen LogP contribution in [0.1, 0.15) is 5.56 Å². The molecular weight excluding hydrogens is 370 g/mol. The lowest BCUT2D eigenvalue weighted by Gasteiger charge is -2.12. The molecule has 2 aromatic carbocycles. The van der Waals surface area contributed by atoms with Gasteiger partial charge in [-0.2, -0.15) is 0 Å². The second kappa shape index (κ2) is 7.88. The van der Waals surface area contributed by atoms with Gasteiger partial charge in [-0.3, -0.25) is 10.1 Å². The summed E-state index contributed by atoms with van der Waals surface area (Å²) in [4.78, 5) is 19.2.